The topological polar surface area (TPSA) is 66.9 Å². The zero-order valence-corrected chi connectivity index (χ0v) is 21.2. The van der Waals surface area contributed by atoms with E-state index in [1.54, 1.807) is 6.92 Å². The summed E-state index contributed by atoms with van der Waals surface area (Å²) >= 11 is 0. The molecule has 1 aliphatic heterocycles. The van der Waals surface area contributed by atoms with Gasteiger partial charge in [-0.25, -0.2) is 12.7 Å². The lowest BCUT2D eigenvalue weighted by atomic mass is 9.90. The normalized spacial score (nSPS) is 15.2. The van der Waals surface area contributed by atoms with Gasteiger partial charge in [-0.2, -0.15) is 0 Å². The number of piperidine rings is 1. The number of carbonyl (C=O) groups excluding carboxylic acids is 1. The van der Waals surface area contributed by atoms with Crippen LogP contribution in [0.4, 0.5) is 0 Å². The average molecular weight is 473 g/mol. The van der Waals surface area contributed by atoms with E-state index in [-0.39, 0.29) is 10.8 Å². The summed E-state index contributed by atoms with van der Waals surface area (Å²) < 4.78 is 32.2. The molecule has 0 N–H and O–H groups in total. The summed E-state index contributed by atoms with van der Waals surface area (Å²) in [5.41, 5.74) is 3.26. The van der Waals surface area contributed by atoms with E-state index in [9.17, 15) is 13.2 Å². The molecule has 1 fully saturated rings. The van der Waals surface area contributed by atoms with E-state index in [1.807, 2.05) is 36.9 Å². The predicted molar refractivity (Wildman–Crippen MR) is 131 cm³/mol. The van der Waals surface area contributed by atoms with Gasteiger partial charge in [0.15, 0.2) is 0 Å². The number of ether oxygens (including phenoxy) is 1. The Hall–Kier alpha value is -2.38. The second-order valence-corrected chi connectivity index (χ2v) is 11.2. The average Bonchev–Trinajstić information content (AvgIpc) is 2.80. The fourth-order valence-electron chi connectivity index (χ4n) is 4.31. The summed E-state index contributed by atoms with van der Waals surface area (Å²) in [6, 6.07) is 11.6. The van der Waals surface area contributed by atoms with Crippen LogP contribution in [0.3, 0.4) is 0 Å². The van der Waals surface area contributed by atoms with Crippen LogP contribution < -0.4 is 4.74 Å². The summed E-state index contributed by atoms with van der Waals surface area (Å²) in [5, 5.41) is 0. The Morgan fingerprint density at radius 2 is 1.73 bits per heavy atom. The molecular weight excluding hydrogens is 436 g/mol. The van der Waals surface area contributed by atoms with Crippen molar-refractivity contribution in [1.29, 1.82) is 0 Å². The van der Waals surface area contributed by atoms with Crippen molar-refractivity contribution in [3.8, 4) is 5.75 Å². The van der Waals surface area contributed by atoms with Crippen LogP contribution in [0, 0.1) is 19.8 Å². The number of sulfonamides is 1. The number of carbonyl (C=O) groups is 1. The van der Waals surface area contributed by atoms with Crippen LogP contribution in [0.5, 0.6) is 5.75 Å². The molecule has 0 saturated carbocycles. The first-order valence-corrected chi connectivity index (χ1v) is 13.1. The van der Waals surface area contributed by atoms with Crippen LogP contribution >= 0.6 is 0 Å². The molecule has 7 heteroatoms. The van der Waals surface area contributed by atoms with Crippen molar-refractivity contribution in [3.63, 3.8) is 0 Å². The number of likely N-dealkylation sites (tertiary alicyclic amines) is 1. The van der Waals surface area contributed by atoms with Crippen molar-refractivity contribution in [1.82, 2.24) is 9.21 Å². The van der Waals surface area contributed by atoms with Gasteiger partial charge in [0.25, 0.3) is 5.91 Å². The first-order valence-electron chi connectivity index (χ1n) is 11.7. The Morgan fingerprint density at radius 3 is 2.30 bits per heavy atom. The number of hydrogen-bond donors (Lipinski definition) is 0. The minimum Gasteiger partial charge on any atom is -0.494 e. The van der Waals surface area contributed by atoms with Gasteiger partial charge in [0.1, 0.15) is 5.75 Å². The third-order valence-corrected chi connectivity index (χ3v) is 8.54. The second-order valence-electron chi connectivity index (χ2n) is 9.05. The first kappa shape index (κ1) is 25.2. The van der Waals surface area contributed by atoms with Crippen LogP contribution in [0.1, 0.15) is 53.2 Å². The van der Waals surface area contributed by atoms with Crippen LogP contribution in [0.25, 0.3) is 0 Å². The summed E-state index contributed by atoms with van der Waals surface area (Å²) in [4.78, 5) is 15.3. The highest BCUT2D eigenvalue weighted by atomic mass is 32.2. The molecule has 2 aromatic rings. The minimum absolute atomic E-state index is 0.0849. The molecule has 0 unspecified atom stereocenters. The summed E-state index contributed by atoms with van der Waals surface area (Å²) in [6.07, 6.45) is 4.06. The maximum absolute atomic E-state index is 13.2. The number of benzene rings is 2. The monoisotopic (exact) mass is 472 g/mol. The molecule has 33 heavy (non-hydrogen) atoms. The molecule has 2 aromatic carbocycles. The van der Waals surface area contributed by atoms with E-state index in [2.05, 4.69) is 12.1 Å². The number of nitrogens with zero attached hydrogens (tertiary/aromatic N) is 2. The molecule has 1 amide bonds. The van der Waals surface area contributed by atoms with Gasteiger partial charge < -0.3 is 9.64 Å². The Bertz CT molecular complexity index is 1070. The molecule has 0 atom stereocenters. The Kier molecular flexibility index (Phi) is 8.19. The van der Waals surface area contributed by atoms with E-state index in [1.165, 1.54) is 30.0 Å². The van der Waals surface area contributed by atoms with E-state index < -0.39 is 10.0 Å². The fourth-order valence-corrected chi connectivity index (χ4v) is 5.53. The summed E-state index contributed by atoms with van der Waals surface area (Å²) in [6.45, 7) is 7.70. The molecule has 6 nitrogen and oxygen atoms in total. The number of aryl methyl sites for hydroxylation is 2. The van der Waals surface area contributed by atoms with Gasteiger partial charge in [0.2, 0.25) is 10.0 Å². The highest BCUT2D eigenvalue weighted by Crippen LogP contribution is 2.27. The Labute approximate surface area is 198 Å². The Balaban J connectivity index is 1.60. The largest absolute Gasteiger partial charge is 0.494 e. The van der Waals surface area contributed by atoms with E-state index in [0.29, 0.717) is 36.7 Å². The molecule has 0 aliphatic carbocycles. The molecular formula is C26H36N2O4S. The van der Waals surface area contributed by atoms with Crippen LogP contribution in [0.2, 0.25) is 0 Å². The lowest BCUT2D eigenvalue weighted by molar-refractivity contribution is 0.0686. The van der Waals surface area contributed by atoms with Crippen LogP contribution in [-0.2, 0) is 16.4 Å². The number of rotatable bonds is 8. The lowest BCUT2D eigenvalue weighted by Crippen LogP contribution is -2.38. The second kappa shape index (κ2) is 10.7. The minimum atomic E-state index is -3.61. The van der Waals surface area contributed by atoms with Crippen LogP contribution in [0.15, 0.2) is 41.3 Å². The highest BCUT2D eigenvalue weighted by molar-refractivity contribution is 7.89. The van der Waals surface area contributed by atoms with Gasteiger partial charge in [-0.05, 0) is 93.3 Å². The smallest absolute Gasteiger partial charge is 0.253 e. The molecule has 0 aromatic heterocycles. The van der Waals surface area contributed by atoms with Gasteiger partial charge >= 0.3 is 0 Å². The van der Waals surface area contributed by atoms with Crippen molar-refractivity contribution in [2.24, 2.45) is 5.92 Å². The molecule has 0 spiro atoms. The summed E-state index contributed by atoms with van der Waals surface area (Å²) in [7, 11) is -0.589. The van der Waals surface area contributed by atoms with Crippen molar-refractivity contribution >= 4 is 15.9 Å². The maximum Gasteiger partial charge on any atom is 0.253 e. The quantitative estimate of drug-likeness (QED) is 0.570. The lowest BCUT2D eigenvalue weighted by Gasteiger charge is -2.32. The van der Waals surface area contributed by atoms with Gasteiger partial charge in [-0.15, -0.1) is 0 Å². The molecule has 1 aliphatic rings. The van der Waals surface area contributed by atoms with Gasteiger partial charge in [-0.3, -0.25) is 4.79 Å². The molecule has 1 heterocycles. The molecule has 3 rings (SSSR count). The SMILES string of the molecule is CCOc1ccc(CCC2CCN(C(=O)c3cc(C)c(C)c(S(=O)(=O)N(C)C)c3)CC2)cc1. The molecule has 180 valence electrons. The molecule has 1 saturated heterocycles. The molecule has 0 bridgehead atoms. The highest BCUT2D eigenvalue weighted by Gasteiger charge is 2.27. The maximum atomic E-state index is 13.2. The Morgan fingerprint density at radius 1 is 1.09 bits per heavy atom. The third-order valence-electron chi connectivity index (χ3n) is 6.60. The molecule has 0 radical (unpaired) electrons. The first-order chi connectivity index (χ1) is 15.6. The van der Waals surface area contributed by atoms with Gasteiger partial charge in [0.05, 0.1) is 11.5 Å². The van der Waals surface area contributed by atoms with Crippen LogP contribution in [-0.4, -0.2) is 57.3 Å². The number of amides is 1. The van der Waals surface area contributed by atoms with Gasteiger partial charge in [0, 0.05) is 32.7 Å². The van der Waals surface area contributed by atoms with E-state index in [0.717, 1.165) is 37.0 Å². The van der Waals surface area contributed by atoms with Crippen molar-refractivity contribution in [2.45, 2.75) is 51.3 Å². The van der Waals surface area contributed by atoms with E-state index >= 15 is 0 Å². The van der Waals surface area contributed by atoms with Gasteiger partial charge in [-0.1, -0.05) is 12.1 Å². The zero-order valence-electron chi connectivity index (χ0n) is 20.4. The standard InChI is InChI=1S/C26H36N2O4S/c1-6-32-24-11-9-21(10-12-24)7-8-22-13-15-28(16-14-22)26(29)23-17-19(2)20(3)25(18-23)33(30,31)27(4)5/h9-12,17-18,22H,6-8,13-16H2,1-5H3. The third kappa shape index (κ3) is 5.95. The number of hydrogen-bond acceptors (Lipinski definition) is 4. The predicted octanol–water partition coefficient (Wildman–Crippen LogP) is 4.44. The van der Waals surface area contributed by atoms with E-state index in [4.69, 9.17) is 4.74 Å². The van der Waals surface area contributed by atoms with Crippen molar-refractivity contribution in [3.05, 3.63) is 58.7 Å². The zero-order chi connectivity index (χ0) is 24.2. The van der Waals surface area contributed by atoms with Crippen molar-refractivity contribution in [2.75, 3.05) is 33.8 Å². The summed E-state index contributed by atoms with van der Waals surface area (Å²) in [5.74, 6) is 1.41. The van der Waals surface area contributed by atoms with Crippen molar-refractivity contribution < 1.29 is 17.9 Å². The fraction of sp³-hybridized carbons (Fsp3) is 0.500.